The van der Waals surface area contributed by atoms with E-state index in [4.69, 9.17) is 0 Å². The summed E-state index contributed by atoms with van der Waals surface area (Å²) in [5, 5.41) is 9.16. The molecule has 1 aliphatic carbocycles. The average molecular weight is 413 g/mol. The first kappa shape index (κ1) is 17.2. The first-order chi connectivity index (χ1) is 10.5. The summed E-state index contributed by atoms with van der Waals surface area (Å²) in [7, 11) is -0.976. The van der Waals surface area contributed by atoms with Crippen LogP contribution in [-0.2, 0) is 26.2 Å². The van der Waals surface area contributed by atoms with Gasteiger partial charge in [-0.2, -0.15) is 17.4 Å². The maximum atomic E-state index is 2.50. The first-order valence-electron chi connectivity index (χ1n) is 7.90. The third-order valence-electron chi connectivity index (χ3n) is 5.23. The van der Waals surface area contributed by atoms with Gasteiger partial charge in [0.05, 0.1) is 8.07 Å². The molecule has 2 aliphatic heterocycles. The fourth-order valence-corrected chi connectivity index (χ4v) is 9.95. The number of hydrogen-bond donors (Lipinski definition) is 0. The van der Waals surface area contributed by atoms with Crippen LogP contribution in [0.4, 0.5) is 0 Å². The van der Waals surface area contributed by atoms with E-state index in [1.54, 1.807) is 21.9 Å². The molecule has 2 aromatic carbocycles. The topological polar surface area (TPSA) is 0 Å². The van der Waals surface area contributed by atoms with Gasteiger partial charge in [0, 0.05) is 31.7 Å². The third kappa shape index (κ3) is 2.52. The van der Waals surface area contributed by atoms with Crippen molar-refractivity contribution in [3.8, 4) is 0 Å². The minimum absolute atomic E-state index is 0. The van der Waals surface area contributed by atoms with Crippen molar-refractivity contribution in [1.29, 1.82) is 0 Å². The Bertz CT molecular complexity index is 864. The Morgan fingerprint density at radius 2 is 1.83 bits per heavy atom. The molecule has 0 amide bonds. The Balaban J connectivity index is 0.000000132. The zero-order valence-corrected chi connectivity index (χ0v) is 18.4. The van der Waals surface area contributed by atoms with Gasteiger partial charge in [0.25, 0.3) is 0 Å². The van der Waals surface area contributed by atoms with E-state index in [-0.39, 0.29) is 26.2 Å². The number of thiophene rings is 1. The van der Waals surface area contributed by atoms with Gasteiger partial charge in [0.2, 0.25) is 0 Å². The molecule has 3 heterocycles. The summed E-state index contributed by atoms with van der Waals surface area (Å²) < 4.78 is 0. The first-order valence-corrected chi connectivity index (χ1v) is 11.9. The second-order valence-corrected chi connectivity index (χ2v) is 12.4. The van der Waals surface area contributed by atoms with E-state index in [1.807, 2.05) is 11.3 Å². The van der Waals surface area contributed by atoms with Gasteiger partial charge in [0.1, 0.15) is 0 Å². The van der Waals surface area contributed by atoms with Gasteiger partial charge >= 0.3 is 0 Å². The Kier molecular flexibility index (Phi) is 4.50. The molecule has 0 spiro atoms. The molecular weight excluding hydrogens is 392 g/mol. The second-order valence-electron chi connectivity index (χ2n) is 7.12. The Morgan fingerprint density at radius 3 is 2.48 bits per heavy atom. The standard InChI is InChI=1S/C10H12SSi.C10H9.Zr/c1-6-9-7-4-11-5-8(7)10(6)12(9,2)3;1-8-6-9-4-2-3-5-10(9)7-8;/h4-5,9H,1-3H3;2-7H,1H3;/q;-1;. The van der Waals surface area contributed by atoms with E-state index in [1.165, 1.54) is 16.3 Å². The number of rotatable bonds is 0. The van der Waals surface area contributed by atoms with Crippen molar-refractivity contribution in [1.82, 2.24) is 0 Å². The van der Waals surface area contributed by atoms with Gasteiger partial charge in [-0.25, -0.2) is 0 Å². The molecule has 0 nitrogen and oxygen atoms in total. The Labute approximate surface area is 162 Å². The maximum Gasteiger partial charge on any atom is 0.0931 e. The maximum absolute atomic E-state index is 2.50. The third-order valence-corrected chi connectivity index (χ3v) is 10.1. The van der Waals surface area contributed by atoms with Crippen molar-refractivity contribution >= 4 is 35.4 Å². The van der Waals surface area contributed by atoms with Gasteiger partial charge in [-0.1, -0.05) is 36.9 Å². The van der Waals surface area contributed by atoms with Crippen molar-refractivity contribution in [3.05, 3.63) is 69.4 Å². The van der Waals surface area contributed by atoms with Crippen molar-refractivity contribution in [2.75, 3.05) is 0 Å². The Morgan fingerprint density at radius 1 is 1.09 bits per heavy atom. The fourth-order valence-electron chi connectivity index (χ4n) is 4.48. The van der Waals surface area contributed by atoms with Crippen molar-refractivity contribution in [3.63, 3.8) is 0 Å². The molecule has 2 bridgehead atoms. The van der Waals surface area contributed by atoms with E-state index in [0.29, 0.717) is 0 Å². The summed E-state index contributed by atoms with van der Waals surface area (Å²) in [6.07, 6.45) is 0. The van der Waals surface area contributed by atoms with Crippen LogP contribution < -0.4 is 0 Å². The summed E-state index contributed by atoms with van der Waals surface area (Å²) in [4.78, 5) is 0. The van der Waals surface area contributed by atoms with Crippen LogP contribution in [0.2, 0.25) is 13.1 Å². The summed E-state index contributed by atoms with van der Waals surface area (Å²) in [5.74, 6) is 0. The number of aryl methyl sites for hydroxylation is 1. The largest absolute Gasteiger partial charge is 0.165 e. The molecule has 3 aliphatic rings. The van der Waals surface area contributed by atoms with Crippen LogP contribution in [0.1, 0.15) is 29.2 Å². The minimum Gasteiger partial charge on any atom is -0.165 e. The van der Waals surface area contributed by atoms with Crippen LogP contribution >= 0.6 is 11.3 Å². The molecular formula is C20H21SSiZr-. The zero-order chi connectivity index (χ0) is 15.5. The van der Waals surface area contributed by atoms with Gasteiger partial charge in [-0.3, -0.25) is 0 Å². The van der Waals surface area contributed by atoms with Crippen LogP contribution in [0.3, 0.4) is 0 Å². The van der Waals surface area contributed by atoms with E-state index in [9.17, 15) is 0 Å². The van der Waals surface area contributed by atoms with Gasteiger partial charge in [-0.15, -0.1) is 40.6 Å². The normalized spacial score (nSPS) is 19.6. The van der Waals surface area contributed by atoms with E-state index < -0.39 is 8.07 Å². The molecule has 3 aromatic rings. The molecule has 0 N–H and O–H groups in total. The molecule has 6 rings (SSSR count). The van der Waals surface area contributed by atoms with Crippen molar-refractivity contribution in [2.45, 2.75) is 32.5 Å². The van der Waals surface area contributed by atoms with Gasteiger partial charge in [-0.05, 0) is 28.8 Å². The van der Waals surface area contributed by atoms with Crippen LogP contribution in [-0.4, -0.2) is 8.07 Å². The smallest absolute Gasteiger partial charge is 0.0931 e. The van der Waals surface area contributed by atoms with Crippen LogP contribution in [0.25, 0.3) is 16.0 Å². The molecule has 116 valence electrons. The Hall–Kier alpha value is -0.630. The van der Waals surface area contributed by atoms with Crippen molar-refractivity contribution < 1.29 is 26.2 Å². The SMILES string of the molecule is CC1=C2c3cscc3C1[Si]2(C)C.Cc1cc2ccccc2[cH-]1.[Zr]. The molecule has 0 saturated heterocycles. The molecule has 1 atom stereocenters. The predicted octanol–water partition coefficient (Wildman–Crippen LogP) is 6.28. The predicted molar refractivity (Wildman–Crippen MR) is 101 cm³/mol. The molecule has 3 heteroatoms. The van der Waals surface area contributed by atoms with E-state index in [2.05, 4.69) is 74.1 Å². The summed E-state index contributed by atoms with van der Waals surface area (Å²) in [6.45, 7) is 9.46. The quantitative estimate of drug-likeness (QED) is 0.301. The van der Waals surface area contributed by atoms with Crippen LogP contribution in [0.5, 0.6) is 0 Å². The molecule has 0 fully saturated rings. The molecule has 1 aromatic heterocycles. The summed E-state index contributed by atoms with van der Waals surface area (Å²) in [5.41, 5.74) is 7.18. The zero-order valence-electron chi connectivity index (χ0n) is 14.1. The number of allylic oxidation sites excluding steroid dienone is 1. The average Bonchev–Trinajstić information content (AvgIpc) is 3.13. The molecule has 0 saturated carbocycles. The van der Waals surface area contributed by atoms with Crippen molar-refractivity contribution in [2.24, 2.45) is 0 Å². The van der Waals surface area contributed by atoms with Gasteiger partial charge in [0.15, 0.2) is 0 Å². The summed E-state index contributed by atoms with van der Waals surface area (Å²) in [6, 6.07) is 12.8. The minimum atomic E-state index is -0.976. The number of fused-ring (bicyclic) bond motifs is 1. The number of benzene rings is 1. The monoisotopic (exact) mass is 411 g/mol. The molecule has 23 heavy (non-hydrogen) atoms. The molecule has 0 radical (unpaired) electrons. The van der Waals surface area contributed by atoms with E-state index >= 15 is 0 Å². The van der Waals surface area contributed by atoms with Gasteiger partial charge < -0.3 is 0 Å². The van der Waals surface area contributed by atoms with Crippen LogP contribution in [0, 0.1) is 6.92 Å². The summed E-state index contributed by atoms with van der Waals surface area (Å²) >= 11 is 1.87. The van der Waals surface area contributed by atoms with Crippen LogP contribution in [0.15, 0.2) is 52.7 Å². The molecule has 1 unspecified atom stereocenters. The second kappa shape index (κ2) is 6.02. The number of hydrogen-bond acceptors (Lipinski definition) is 1. The fraction of sp³-hybridized carbons (Fsp3) is 0.250. The van der Waals surface area contributed by atoms with E-state index in [0.717, 1.165) is 5.54 Å².